The maximum atomic E-state index is 3.65. The van der Waals surface area contributed by atoms with E-state index in [4.69, 9.17) is 0 Å². The molecule has 1 N–H and O–H groups in total. The molecule has 0 spiro atoms. The van der Waals surface area contributed by atoms with Gasteiger partial charge >= 0.3 is 0 Å². The van der Waals surface area contributed by atoms with Crippen molar-refractivity contribution in [2.75, 3.05) is 0 Å². The molecule has 0 radical (unpaired) electrons. The molecule has 1 aliphatic rings. The molecule has 0 saturated heterocycles. The van der Waals surface area contributed by atoms with Gasteiger partial charge in [-0.2, -0.15) is 6.08 Å². The molecular weight excluding hydrogens is 281 g/mol. The van der Waals surface area contributed by atoms with Crippen LogP contribution < -0.4 is 4.98 Å². The van der Waals surface area contributed by atoms with Gasteiger partial charge in [0.1, 0.15) is 8.24 Å². The molecule has 88 valence electrons. The Morgan fingerprint density at radius 2 is 1.87 bits per heavy atom. The van der Waals surface area contributed by atoms with E-state index in [-0.39, 0.29) is 46.5 Å². The minimum absolute atomic E-state index is 0. The van der Waals surface area contributed by atoms with E-state index in [1.165, 1.54) is 5.20 Å². The molecule has 0 amide bonds. The van der Waals surface area contributed by atoms with E-state index < -0.39 is 8.24 Å². The van der Waals surface area contributed by atoms with Gasteiger partial charge in [-0.15, -0.1) is 31.2 Å². The molecule has 0 aliphatic heterocycles. The Morgan fingerprint density at radius 1 is 1.33 bits per heavy atom. The minimum atomic E-state index is -1.36. The molecule has 0 saturated carbocycles. The van der Waals surface area contributed by atoms with E-state index in [2.05, 4.69) is 50.2 Å². The summed E-state index contributed by atoms with van der Waals surface area (Å²) in [6.07, 6.45) is 8.82. The summed E-state index contributed by atoms with van der Waals surface area (Å²) in [6, 6.07) is 0.579. The molecule has 15 heavy (non-hydrogen) atoms. The monoisotopic (exact) mass is 300 g/mol. The fraction of sp³-hybridized carbons (Fsp3) is 0.600. The van der Waals surface area contributed by atoms with Crippen LogP contribution in [0.5, 0.6) is 0 Å². The predicted octanol–water partition coefficient (Wildman–Crippen LogP) is 3.26. The Kier molecular flexibility index (Phi) is 12.8. The third kappa shape index (κ3) is 6.98. The number of hydrogen-bond acceptors (Lipinski definition) is 1. The summed E-state index contributed by atoms with van der Waals surface area (Å²) in [5.74, 6) is 0. The Morgan fingerprint density at radius 3 is 2.20 bits per heavy atom. The number of rotatable bonds is 3. The van der Waals surface area contributed by atoms with Crippen molar-refractivity contribution in [3.63, 3.8) is 0 Å². The molecule has 5 heteroatoms. The van der Waals surface area contributed by atoms with E-state index in [9.17, 15) is 0 Å². The van der Waals surface area contributed by atoms with E-state index in [1.54, 1.807) is 0 Å². The van der Waals surface area contributed by atoms with Gasteiger partial charge in [0, 0.05) is 21.7 Å². The molecule has 0 atom stereocenters. The van der Waals surface area contributed by atoms with E-state index in [0.717, 1.165) is 6.42 Å². The van der Waals surface area contributed by atoms with Gasteiger partial charge in [-0.25, -0.2) is 11.3 Å². The first-order valence-corrected chi connectivity index (χ1v) is 7.58. The molecule has 0 aromatic heterocycles. The first kappa shape index (κ1) is 21.3. The van der Waals surface area contributed by atoms with Crippen LogP contribution in [0.25, 0.3) is 0 Å². The number of halogens is 2. The smallest absolute Gasteiger partial charge is 0.115 e. The molecule has 0 fully saturated rings. The third-order valence-electron chi connectivity index (χ3n) is 2.02. The zero-order chi connectivity index (χ0) is 9.19. The maximum absolute atomic E-state index is 3.65. The van der Waals surface area contributed by atoms with Crippen LogP contribution in [0.15, 0.2) is 17.3 Å². The van der Waals surface area contributed by atoms with Gasteiger partial charge in [-0.1, -0.05) is 26.9 Å². The average molecular weight is 301 g/mol. The van der Waals surface area contributed by atoms with Crippen molar-refractivity contribution in [2.24, 2.45) is 0 Å². The molecule has 0 aromatic carbocycles. The molecule has 0 aromatic rings. The molecule has 0 heterocycles. The first-order valence-electron chi connectivity index (χ1n) is 4.58. The second-order valence-corrected chi connectivity index (χ2v) is 8.20. The van der Waals surface area contributed by atoms with E-state index >= 15 is 0 Å². The van der Waals surface area contributed by atoms with Crippen LogP contribution >= 0.6 is 24.8 Å². The van der Waals surface area contributed by atoms with Gasteiger partial charge in [0.05, 0.1) is 0 Å². The molecular formula is C10H20Cl2NSiTi-. The van der Waals surface area contributed by atoms with Gasteiger partial charge in [0.2, 0.25) is 0 Å². The molecule has 0 bridgehead atoms. The van der Waals surface area contributed by atoms with Gasteiger partial charge in [0.15, 0.2) is 0 Å². The van der Waals surface area contributed by atoms with Crippen LogP contribution in [0.4, 0.5) is 0 Å². The number of hydrogen-bond donors (Lipinski definition) is 1. The van der Waals surface area contributed by atoms with Gasteiger partial charge in [-0.05, 0) is 6.04 Å². The normalized spacial score (nSPS) is 13.8. The molecule has 0 unspecified atom stereocenters. The minimum Gasteiger partial charge on any atom is -0.334 e. The topological polar surface area (TPSA) is 12.0 Å². The average Bonchev–Trinajstić information content (AvgIpc) is 2.32. The Labute approximate surface area is 122 Å². The quantitative estimate of drug-likeness (QED) is 0.623. The predicted molar refractivity (Wildman–Crippen MR) is 70.8 cm³/mol. The summed E-state index contributed by atoms with van der Waals surface area (Å²) in [5.41, 5.74) is 0. The van der Waals surface area contributed by atoms with Crippen molar-refractivity contribution in [1.29, 1.82) is 0 Å². The summed E-state index contributed by atoms with van der Waals surface area (Å²) in [4.78, 5) is 3.65. The van der Waals surface area contributed by atoms with E-state index in [1.807, 2.05) is 0 Å². The molecule has 1 rings (SSSR count). The third-order valence-corrected chi connectivity index (χ3v) is 5.01. The number of nitrogens with one attached hydrogen (secondary N) is 1. The second-order valence-electron chi connectivity index (χ2n) is 4.12. The van der Waals surface area contributed by atoms with Crippen molar-refractivity contribution < 1.29 is 21.7 Å². The summed E-state index contributed by atoms with van der Waals surface area (Å²) < 4.78 is 0. The first-order chi connectivity index (χ1) is 5.52. The van der Waals surface area contributed by atoms with Crippen LogP contribution in [0.3, 0.4) is 0 Å². The maximum Gasteiger partial charge on any atom is 0.115 e. The van der Waals surface area contributed by atoms with Crippen molar-refractivity contribution in [1.82, 2.24) is 4.98 Å². The fourth-order valence-corrected chi connectivity index (χ4v) is 4.31. The zero-order valence-corrected chi connectivity index (χ0v) is 14.0. The van der Waals surface area contributed by atoms with Crippen LogP contribution in [-0.4, -0.2) is 14.3 Å². The Hall–Kier alpha value is 0.951. The van der Waals surface area contributed by atoms with Gasteiger partial charge < -0.3 is 4.98 Å². The van der Waals surface area contributed by atoms with Gasteiger partial charge in [-0.3, -0.25) is 6.08 Å². The van der Waals surface area contributed by atoms with Crippen LogP contribution in [0.2, 0.25) is 13.1 Å². The largest absolute Gasteiger partial charge is 0.334 e. The van der Waals surface area contributed by atoms with Crippen LogP contribution in [0, 0.1) is 6.08 Å². The standard InChI is InChI=1S/C10H18NSi.2ClH.Ti/c1-9(2)11-12(3,4)10-7-5-6-8-10;;;/h5,7,9,11H,6H2,1-4H3;2*1H;/q-1;;;. The van der Waals surface area contributed by atoms with Gasteiger partial charge in [0.25, 0.3) is 0 Å². The Bertz CT molecular complexity index is 227. The summed E-state index contributed by atoms with van der Waals surface area (Å²) in [6.45, 7) is 9.08. The van der Waals surface area contributed by atoms with Crippen molar-refractivity contribution >= 4 is 33.0 Å². The summed E-state index contributed by atoms with van der Waals surface area (Å²) in [5, 5.41) is 1.43. The van der Waals surface area contributed by atoms with Crippen LogP contribution in [-0.2, 0) is 21.7 Å². The van der Waals surface area contributed by atoms with Crippen molar-refractivity contribution in [2.45, 2.75) is 39.4 Å². The second kappa shape index (κ2) is 9.03. The van der Waals surface area contributed by atoms with E-state index in [0.29, 0.717) is 6.04 Å². The molecule has 1 aliphatic carbocycles. The SMILES string of the molecule is CC(C)N[Si](C)(C)C1=[C-]CC=C1.Cl.Cl.[Ti]. The molecule has 1 nitrogen and oxygen atoms in total. The Balaban J connectivity index is -0.000000480. The van der Waals surface area contributed by atoms with Crippen molar-refractivity contribution in [3.8, 4) is 0 Å². The van der Waals surface area contributed by atoms with Crippen LogP contribution in [0.1, 0.15) is 20.3 Å². The zero-order valence-electron chi connectivity index (χ0n) is 9.76. The fourth-order valence-electron chi connectivity index (χ4n) is 1.63. The summed E-state index contributed by atoms with van der Waals surface area (Å²) in [7, 11) is -1.36. The van der Waals surface area contributed by atoms with Crippen molar-refractivity contribution in [3.05, 3.63) is 23.4 Å². The number of allylic oxidation sites excluding steroid dienone is 4. The summed E-state index contributed by atoms with van der Waals surface area (Å²) >= 11 is 0.